The van der Waals surface area contributed by atoms with Gasteiger partial charge >= 0.3 is 12.1 Å². The van der Waals surface area contributed by atoms with Gasteiger partial charge in [0.15, 0.2) is 0 Å². The third kappa shape index (κ3) is 7.08. The molecule has 5 nitrogen and oxygen atoms in total. The Morgan fingerprint density at radius 2 is 1.49 bits per heavy atom. The van der Waals surface area contributed by atoms with Gasteiger partial charge in [0.05, 0.1) is 18.1 Å². The monoisotopic (exact) mass is 586 g/mol. The Morgan fingerprint density at radius 3 is 2.12 bits per heavy atom. The molecule has 43 heavy (non-hydrogen) atoms. The predicted molar refractivity (Wildman–Crippen MR) is 162 cm³/mol. The number of carbonyl (C=O) groups excluding carboxylic acids is 2. The molecule has 0 aromatic heterocycles. The van der Waals surface area contributed by atoms with E-state index in [1.807, 2.05) is 61.5 Å². The van der Waals surface area contributed by atoms with Gasteiger partial charge in [-0.1, -0.05) is 60.7 Å². The van der Waals surface area contributed by atoms with E-state index in [4.69, 9.17) is 4.74 Å². The van der Waals surface area contributed by atoms with Crippen LogP contribution in [0.5, 0.6) is 0 Å². The summed E-state index contributed by atoms with van der Waals surface area (Å²) in [7, 11) is 0. The molecule has 1 heterocycles. The van der Waals surface area contributed by atoms with Gasteiger partial charge in [-0.3, -0.25) is 9.59 Å². The average Bonchev–Trinajstić information content (AvgIpc) is 3.02. The fourth-order valence-corrected chi connectivity index (χ4v) is 5.71. The summed E-state index contributed by atoms with van der Waals surface area (Å²) < 4.78 is 44.4. The van der Waals surface area contributed by atoms with Gasteiger partial charge in [-0.2, -0.15) is 13.2 Å². The minimum atomic E-state index is -4.43. The topological polar surface area (TPSA) is 58.6 Å². The van der Waals surface area contributed by atoms with Crippen LogP contribution < -0.4 is 10.2 Å². The SMILES string of the molecule is CCOC(=O)C(c1ccccc1)C1CCN(c2ccc(NC(=O)c3ccccc3-c3ccc(C(F)(F)F)cc3)cc2)CC1. The summed E-state index contributed by atoms with van der Waals surface area (Å²) in [5.74, 6) is -0.630. The lowest BCUT2D eigenvalue weighted by atomic mass is 9.80. The highest BCUT2D eigenvalue weighted by Crippen LogP contribution is 2.36. The van der Waals surface area contributed by atoms with Gasteiger partial charge in [-0.25, -0.2) is 0 Å². The summed E-state index contributed by atoms with van der Waals surface area (Å²) in [6, 6.07) is 29.0. The van der Waals surface area contributed by atoms with Crippen LogP contribution in [-0.4, -0.2) is 31.6 Å². The van der Waals surface area contributed by atoms with Crippen LogP contribution in [0, 0.1) is 5.92 Å². The number of benzene rings is 4. The van der Waals surface area contributed by atoms with E-state index in [1.165, 1.54) is 12.1 Å². The highest BCUT2D eigenvalue weighted by atomic mass is 19.4. The van der Waals surface area contributed by atoms with Crippen molar-refractivity contribution >= 4 is 23.3 Å². The predicted octanol–water partition coefficient (Wildman–Crippen LogP) is 8.19. The summed E-state index contributed by atoms with van der Waals surface area (Å²) in [6.45, 7) is 3.76. The molecular formula is C35H33F3N2O3. The molecule has 1 N–H and O–H groups in total. The van der Waals surface area contributed by atoms with Crippen molar-refractivity contribution in [1.82, 2.24) is 0 Å². The lowest BCUT2D eigenvalue weighted by molar-refractivity contribution is -0.146. The number of alkyl halides is 3. The van der Waals surface area contributed by atoms with Crippen molar-refractivity contribution < 1.29 is 27.5 Å². The number of amides is 1. The van der Waals surface area contributed by atoms with Crippen LogP contribution in [0.25, 0.3) is 11.1 Å². The molecule has 0 radical (unpaired) electrons. The molecule has 4 aromatic rings. The summed E-state index contributed by atoms with van der Waals surface area (Å²) in [4.78, 5) is 28.3. The number of ether oxygens (including phenoxy) is 1. The van der Waals surface area contributed by atoms with Gasteiger partial charge in [-0.05, 0) is 84.8 Å². The van der Waals surface area contributed by atoms with E-state index in [1.54, 1.807) is 24.3 Å². The van der Waals surface area contributed by atoms with Gasteiger partial charge in [0.2, 0.25) is 0 Å². The maximum atomic E-state index is 13.2. The third-order valence-electron chi connectivity index (χ3n) is 7.90. The molecule has 1 aliphatic rings. The number of carbonyl (C=O) groups is 2. The van der Waals surface area contributed by atoms with E-state index < -0.39 is 11.7 Å². The van der Waals surface area contributed by atoms with Crippen LogP contribution >= 0.6 is 0 Å². The second kappa shape index (κ2) is 13.2. The van der Waals surface area contributed by atoms with Crippen molar-refractivity contribution in [1.29, 1.82) is 0 Å². The minimum absolute atomic E-state index is 0.174. The molecule has 8 heteroatoms. The number of nitrogens with zero attached hydrogens (tertiary/aromatic N) is 1. The highest BCUT2D eigenvalue weighted by molar-refractivity contribution is 6.08. The molecule has 0 aliphatic carbocycles. The molecule has 1 fully saturated rings. The lowest BCUT2D eigenvalue weighted by Crippen LogP contribution is -2.37. The first-order valence-electron chi connectivity index (χ1n) is 14.4. The van der Waals surface area contributed by atoms with E-state index in [2.05, 4.69) is 10.2 Å². The van der Waals surface area contributed by atoms with Gasteiger partial charge in [0, 0.05) is 30.0 Å². The smallest absolute Gasteiger partial charge is 0.416 e. The maximum Gasteiger partial charge on any atom is 0.416 e. The Morgan fingerprint density at radius 1 is 0.860 bits per heavy atom. The van der Waals surface area contributed by atoms with Crippen LogP contribution in [0.3, 0.4) is 0 Å². The Labute approximate surface area is 249 Å². The zero-order valence-corrected chi connectivity index (χ0v) is 23.8. The second-order valence-corrected chi connectivity index (χ2v) is 10.6. The number of piperidine rings is 1. The van der Waals surface area contributed by atoms with Crippen molar-refractivity contribution in [3.05, 3.63) is 120 Å². The van der Waals surface area contributed by atoms with E-state index in [0.717, 1.165) is 49.3 Å². The molecule has 5 rings (SSSR count). The zero-order valence-electron chi connectivity index (χ0n) is 23.8. The lowest BCUT2D eigenvalue weighted by Gasteiger charge is -2.36. The van der Waals surface area contributed by atoms with Crippen molar-refractivity contribution in [2.75, 3.05) is 29.9 Å². The molecule has 4 aromatic carbocycles. The van der Waals surface area contributed by atoms with Crippen molar-refractivity contribution in [2.24, 2.45) is 5.92 Å². The Hall–Kier alpha value is -4.59. The number of esters is 1. The van der Waals surface area contributed by atoms with Crippen LogP contribution in [0.15, 0.2) is 103 Å². The number of hydrogen-bond acceptors (Lipinski definition) is 4. The molecule has 0 saturated carbocycles. The number of nitrogens with one attached hydrogen (secondary N) is 1. The standard InChI is InChI=1S/C35H33F3N2O3/c1-2-43-34(42)32(25-8-4-3-5-9-25)26-20-22-40(23-21-26)29-18-16-28(17-19-29)39-33(41)31-11-7-6-10-30(31)24-12-14-27(15-13-24)35(36,37)38/h3-19,26,32H,2,20-23H2,1H3,(H,39,41). The largest absolute Gasteiger partial charge is 0.466 e. The number of halogens is 3. The van der Waals surface area contributed by atoms with Gasteiger partial charge in [-0.15, -0.1) is 0 Å². The summed E-state index contributed by atoms with van der Waals surface area (Å²) in [5.41, 5.74) is 3.31. The second-order valence-electron chi connectivity index (χ2n) is 10.6. The highest BCUT2D eigenvalue weighted by Gasteiger charge is 2.34. The van der Waals surface area contributed by atoms with Crippen LogP contribution in [-0.2, 0) is 15.7 Å². The van der Waals surface area contributed by atoms with Crippen LogP contribution in [0.4, 0.5) is 24.5 Å². The fraction of sp³-hybridized carbons (Fsp3) is 0.257. The van der Waals surface area contributed by atoms with Crippen molar-refractivity contribution in [3.63, 3.8) is 0 Å². The van der Waals surface area contributed by atoms with E-state index >= 15 is 0 Å². The summed E-state index contributed by atoms with van der Waals surface area (Å²) in [6.07, 6.45) is -2.74. The molecule has 0 spiro atoms. The van der Waals surface area contributed by atoms with E-state index in [9.17, 15) is 22.8 Å². The minimum Gasteiger partial charge on any atom is -0.466 e. The number of hydrogen-bond donors (Lipinski definition) is 1. The molecule has 0 bridgehead atoms. The van der Waals surface area contributed by atoms with Crippen molar-refractivity contribution in [3.8, 4) is 11.1 Å². The third-order valence-corrected chi connectivity index (χ3v) is 7.90. The Bertz CT molecular complexity index is 1530. The first kappa shape index (κ1) is 29.9. The number of rotatable bonds is 8. The van der Waals surface area contributed by atoms with Gasteiger partial charge in [0.1, 0.15) is 0 Å². The molecule has 1 unspecified atom stereocenters. The fourth-order valence-electron chi connectivity index (χ4n) is 5.71. The zero-order chi connectivity index (χ0) is 30.4. The summed E-state index contributed by atoms with van der Waals surface area (Å²) in [5, 5.41) is 2.91. The van der Waals surface area contributed by atoms with Crippen LogP contribution in [0.1, 0.15) is 47.2 Å². The normalized spacial score (nSPS) is 14.7. The Balaban J connectivity index is 1.23. The molecule has 1 atom stereocenters. The molecule has 1 saturated heterocycles. The van der Waals surface area contributed by atoms with Crippen LogP contribution in [0.2, 0.25) is 0 Å². The quantitative estimate of drug-likeness (QED) is 0.212. The molecule has 1 amide bonds. The molecule has 222 valence electrons. The van der Waals surface area contributed by atoms with E-state index in [-0.39, 0.29) is 23.7 Å². The Kier molecular flexibility index (Phi) is 9.14. The van der Waals surface area contributed by atoms with E-state index in [0.29, 0.717) is 29.0 Å². The first-order valence-corrected chi connectivity index (χ1v) is 14.4. The molecular weight excluding hydrogens is 553 g/mol. The van der Waals surface area contributed by atoms with Gasteiger partial charge in [0.25, 0.3) is 5.91 Å². The average molecular weight is 587 g/mol. The molecule has 1 aliphatic heterocycles. The maximum absolute atomic E-state index is 13.2. The van der Waals surface area contributed by atoms with Crippen molar-refractivity contribution in [2.45, 2.75) is 31.9 Å². The first-order chi connectivity index (χ1) is 20.7. The number of anilines is 2. The summed E-state index contributed by atoms with van der Waals surface area (Å²) >= 11 is 0. The van der Waals surface area contributed by atoms with Gasteiger partial charge < -0.3 is 15.0 Å².